The summed E-state index contributed by atoms with van der Waals surface area (Å²) in [6.45, 7) is 8.18. The minimum Gasteiger partial charge on any atom is -0.348 e. The van der Waals surface area contributed by atoms with Gasteiger partial charge < -0.3 is 9.47 Å². The molecule has 162 valence electrons. The van der Waals surface area contributed by atoms with Crippen LogP contribution in [0.25, 0.3) is 0 Å². The average Bonchev–Trinajstić information content (AvgIpc) is 3.41. The Hall–Kier alpha value is -2.70. The number of carbonyl (C=O) groups is 2. The van der Waals surface area contributed by atoms with Crippen LogP contribution < -0.4 is 0 Å². The number of rotatable bonds is 7. The summed E-state index contributed by atoms with van der Waals surface area (Å²) in [5.41, 5.74) is 3.74. The van der Waals surface area contributed by atoms with Crippen molar-refractivity contribution in [2.24, 2.45) is 0 Å². The van der Waals surface area contributed by atoms with Gasteiger partial charge in [0.15, 0.2) is 5.78 Å². The summed E-state index contributed by atoms with van der Waals surface area (Å²) in [7, 11) is 0. The molecule has 0 aliphatic carbocycles. The van der Waals surface area contributed by atoms with Crippen LogP contribution in [0.5, 0.6) is 0 Å². The van der Waals surface area contributed by atoms with Crippen LogP contribution in [0.3, 0.4) is 0 Å². The van der Waals surface area contributed by atoms with E-state index in [1.807, 2.05) is 48.2 Å². The Morgan fingerprint density at radius 3 is 2.39 bits per heavy atom. The molecule has 4 rings (SSSR count). The summed E-state index contributed by atoms with van der Waals surface area (Å²) in [4.78, 5) is 31.1. The summed E-state index contributed by atoms with van der Waals surface area (Å²) < 4.78 is 2.25. The zero-order valence-electron chi connectivity index (χ0n) is 18.2. The SMILES string of the molecule is Cc1cc(C(=O)CN2CCN(C(=O)c3ccccc3)CC2)c(C)n1CCc1cccs1. The van der Waals surface area contributed by atoms with Crippen molar-refractivity contribution in [3.05, 3.63) is 81.3 Å². The number of amides is 1. The molecule has 1 aliphatic heterocycles. The Kier molecular flexibility index (Phi) is 6.68. The molecular weight excluding hydrogens is 406 g/mol. The first kappa shape index (κ1) is 21.5. The van der Waals surface area contributed by atoms with E-state index in [9.17, 15) is 9.59 Å². The van der Waals surface area contributed by atoms with Crippen molar-refractivity contribution < 1.29 is 9.59 Å². The minimum atomic E-state index is 0.0702. The van der Waals surface area contributed by atoms with Gasteiger partial charge in [0.2, 0.25) is 0 Å². The lowest BCUT2D eigenvalue weighted by atomic mass is 10.1. The fourth-order valence-corrected chi connectivity index (χ4v) is 4.96. The molecule has 5 nitrogen and oxygen atoms in total. The molecule has 0 saturated carbocycles. The van der Waals surface area contributed by atoms with Crippen LogP contribution in [0.15, 0.2) is 53.9 Å². The number of benzene rings is 1. The van der Waals surface area contributed by atoms with Crippen LogP contribution in [0.2, 0.25) is 0 Å². The fourth-order valence-electron chi connectivity index (χ4n) is 4.26. The molecule has 3 heterocycles. The zero-order chi connectivity index (χ0) is 21.8. The number of Topliss-reactive ketones (excluding diaryl/α,β-unsaturated/α-hetero) is 1. The van der Waals surface area contributed by atoms with E-state index in [1.165, 1.54) is 4.88 Å². The van der Waals surface area contributed by atoms with E-state index < -0.39 is 0 Å². The largest absolute Gasteiger partial charge is 0.348 e. The van der Waals surface area contributed by atoms with Gasteiger partial charge in [-0.25, -0.2) is 0 Å². The third-order valence-electron chi connectivity index (χ3n) is 6.08. The third-order valence-corrected chi connectivity index (χ3v) is 7.02. The number of hydrogen-bond donors (Lipinski definition) is 0. The van der Waals surface area contributed by atoms with Crippen LogP contribution in [-0.2, 0) is 13.0 Å². The zero-order valence-corrected chi connectivity index (χ0v) is 19.0. The number of ketones is 1. The van der Waals surface area contributed by atoms with Gasteiger partial charge in [-0.15, -0.1) is 11.3 Å². The Labute approximate surface area is 187 Å². The average molecular weight is 436 g/mol. The lowest BCUT2D eigenvalue weighted by molar-refractivity contribution is 0.0624. The van der Waals surface area contributed by atoms with E-state index in [2.05, 4.69) is 33.9 Å². The number of nitrogens with zero attached hydrogens (tertiary/aromatic N) is 3. The van der Waals surface area contributed by atoms with Gasteiger partial charge in [0.05, 0.1) is 6.54 Å². The summed E-state index contributed by atoms with van der Waals surface area (Å²) in [5.74, 6) is 0.235. The van der Waals surface area contributed by atoms with Crippen molar-refractivity contribution in [2.75, 3.05) is 32.7 Å². The maximum Gasteiger partial charge on any atom is 0.253 e. The van der Waals surface area contributed by atoms with Gasteiger partial charge in [-0.05, 0) is 49.9 Å². The number of carbonyl (C=O) groups excluding carboxylic acids is 2. The Morgan fingerprint density at radius 2 is 1.71 bits per heavy atom. The van der Waals surface area contributed by atoms with Crippen molar-refractivity contribution in [3.8, 4) is 0 Å². The molecule has 3 aromatic rings. The number of aromatic nitrogens is 1. The highest BCUT2D eigenvalue weighted by Crippen LogP contribution is 2.19. The standard InChI is InChI=1S/C25H29N3O2S/c1-19-17-23(20(2)28(19)11-10-22-9-6-16-31-22)24(29)18-26-12-14-27(15-13-26)25(30)21-7-4-3-5-8-21/h3-9,16-17H,10-15,18H2,1-2H3. The first-order chi connectivity index (χ1) is 15.0. The van der Waals surface area contributed by atoms with Gasteiger partial charge >= 0.3 is 0 Å². The van der Waals surface area contributed by atoms with Crippen LogP contribution in [0.4, 0.5) is 0 Å². The molecule has 0 spiro atoms. The quantitative estimate of drug-likeness (QED) is 0.526. The Bertz CT molecular complexity index is 1030. The van der Waals surface area contributed by atoms with Crippen molar-refractivity contribution in [2.45, 2.75) is 26.8 Å². The van der Waals surface area contributed by atoms with Gasteiger partial charge in [-0.1, -0.05) is 24.3 Å². The molecule has 0 radical (unpaired) electrons. The molecule has 31 heavy (non-hydrogen) atoms. The molecule has 2 aromatic heterocycles. The fraction of sp³-hybridized carbons (Fsp3) is 0.360. The number of piperazine rings is 1. The van der Waals surface area contributed by atoms with E-state index in [1.54, 1.807) is 11.3 Å². The summed E-state index contributed by atoms with van der Waals surface area (Å²) in [6.07, 6.45) is 0.985. The predicted octanol–water partition coefficient (Wildman–Crippen LogP) is 4.05. The Morgan fingerprint density at radius 1 is 0.968 bits per heavy atom. The highest BCUT2D eigenvalue weighted by molar-refractivity contribution is 7.09. The van der Waals surface area contributed by atoms with Gasteiger partial charge in [0, 0.05) is 60.1 Å². The predicted molar refractivity (Wildman–Crippen MR) is 125 cm³/mol. The first-order valence-electron chi connectivity index (χ1n) is 10.8. The van der Waals surface area contributed by atoms with Crippen molar-refractivity contribution in [1.29, 1.82) is 0 Å². The second-order valence-corrected chi connectivity index (χ2v) is 9.16. The molecule has 6 heteroatoms. The second kappa shape index (κ2) is 9.62. The van der Waals surface area contributed by atoms with Gasteiger partial charge in [0.25, 0.3) is 5.91 Å². The van der Waals surface area contributed by atoms with Crippen LogP contribution in [0, 0.1) is 13.8 Å². The van der Waals surface area contributed by atoms with E-state index in [0.29, 0.717) is 19.6 Å². The molecule has 1 aliphatic rings. The van der Waals surface area contributed by atoms with Crippen LogP contribution >= 0.6 is 11.3 Å². The lowest BCUT2D eigenvalue weighted by Gasteiger charge is -2.34. The monoisotopic (exact) mass is 435 g/mol. The van der Waals surface area contributed by atoms with Crippen LogP contribution in [-0.4, -0.2) is 58.8 Å². The van der Waals surface area contributed by atoms with E-state index in [4.69, 9.17) is 0 Å². The van der Waals surface area contributed by atoms with E-state index in [0.717, 1.165) is 48.6 Å². The Balaban J connectivity index is 1.33. The van der Waals surface area contributed by atoms with Gasteiger partial charge in [-0.2, -0.15) is 0 Å². The van der Waals surface area contributed by atoms with E-state index >= 15 is 0 Å². The molecule has 1 amide bonds. The summed E-state index contributed by atoms with van der Waals surface area (Å²) in [6, 6.07) is 15.7. The first-order valence-corrected chi connectivity index (χ1v) is 11.7. The van der Waals surface area contributed by atoms with Crippen molar-refractivity contribution >= 4 is 23.0 Å². The number of thiophene rings is 1. The summed E-state index contributed by atoms with van der Waals surface area (Å²) >= 11 is 1.78. The molecule has 1 aromatic carbocycles. The number of hydrogen-bond acceptors (Lipinski definition) is 4. The van der Waals surface area contributed by atoms with Crippen molar-refractivity contribution in [3.63, 3.8) is 0 Å². The second-order valence-electron chi connectivity index (χ2n) is 8.12. The van der Waals surface area contributed by atoms with Gasteiger partial charge in [0.1, 0.15) is 0 Å². The lowest BCUT2D eigenvalue weighted by Crippen LogP contribution is -2.49. The highest BCUT2D eigenvalue weighted by Gasteiger charge is 2.24. The van der Waals surface area contributed by atoms with Gasteiger partial charge in [-0.3, -0.25) is 14.5 Å². The summed E-state index contributed by atoms with van der Waals surface area (Å²) in [5, 5.41) is 2.10. The third kappa shape index (κ3) is 4.97. The molecular formula is C25H29N3O2S. The minimum absolute atomic E-state index is 0.0702. The normalized spacial score (nSPS) is 14.7. The molecule has 0 unspecified atom stereocenters. The van der Waals surface area contributed by atoms with Crippen molar-refractivity contribution in [1.82, 2.24) is 14.4 Å². The highest BCUT2D eigenvalue weighted by atomic mass is 32.1. The number of aryl methyl sites for hydroxylation is 2. The molecule has 0 atom stereocenters. The molecule has 0 bridgehead atoms. The van der Waals surface area contributed by atoms with Crippen LogP contribution in [0.1, 0.15) is 37.0 Å². The molecule has 1 fully saturated rings. The van der Waals surface area contributed by atoms with E-state index in [-0.39, 0.29) is 11.7 Å². The maximum absolute atomic E-state index is 13.0. The maximum atomic E-state index is 13.0. The topological polar surface area (TPSA) is 45.6 Å². The molecule has 0 N–H and O–H groups in total. The smallest absolute Gasteiger partial charge is 0.253 e. The molecule has 1 saturated heterocycles.